The molecule has 1 heterocycles. The molecule has 14 heavy (non-hydrogen) atoms. The number of rotatable bonds is 1. The molecule has 0 N–H and O–H groups in total. The van der Waals surface area contributed by atoms with Crippen LogP contribution in [0.5, 0.6) is 0 Å². The maximum Gasteiger partial charge on any atom is 0.219 e. The van der Waals surface area contributed by atoms with E-state index < -0.39 is 0 Å². The Labute approximate surface area is 88.0 Å². The predicted octanol–water partition coefficient (Wildman–Crippen LogP) is 2.85. The zero-order valence-corrected chi connectivity index (χ0v) is 9.97. The van der Waals surface area contributed by atoms with Crippen molar-refractivity contribution in [1.82, 2.24) is 4.90 Å². The van der Waals surface area contributed by atoms with Crippen molar-refractivity contribution in [3.8, 4) is 0 Å². The average Bonchev–Trinajstić information content (AvgIpc) is 2.21. The lowest BCUT2D eigenvalue weighted by atomic mass is 9.92. The number of piperidine rings is 1. The van der Waals surface area contributed by atoms with Crippen LogP contribution in [0.2, 0.25) is 0 Å². The van der Waals surface area contributed by atoms with E-state index in [-0.39, 0.29) is 5.91 Å². The molecule has 1 rings (SSSR count). The number of nitrogens with zero attached hydrogens (tertiary/aromatic N) is 1. The molecule has 0 aromatic heterocycles. The van der Waals surface area contributed by atoms with Crippen LogP contribution in [0.1, 0.15) is 40.5 Å². The Morgan fingerprint density at radius 2 is 1.93 bits per heavy atom. The fourth-order valence-electron chi connectivity index (χ4n) is 1.67. The van der Waals surface area contributed by atoms with Gasteiger partial charge in [-0.2, -0.15) is 0 Å². The Balaban J connectivity index is 0.000000791. The van der Waals surface area contributed by atoms with Gasteiger partial charge in [0, 0.05) is 20.0 Å². The lowest BCUT2D eigenvalue weighted by molar-refractivity contribution is -0.130. The van der Waals surface area contributed by atoms with Gasteiger partial charge in [-0.05, 0) is 25.7 Å². The summed E-state index contributed by atoms with van der Waals surface area (Å²) in [6.07, 6.45) is 2.32. The lowest BCUT2D eigenvalue weighted by Crippen LogP contribution is -2.38. The van der Waals surface area contributed by atoms with Crippen LogP contribution in [0.15, 0.2) is 12.2 Å². The number of amides is 1. The second kappa shape index (κ2) is 6.63. The first-order valence-electron chi connectivity index (χ1n) is 5.52. The summed E-state index contributed by atoms with van der Waals surface area (Å²) in [5, 5.41) is 0. The summed E-state index contributed by atoms with van der Waals surface area (Å²) in [5.41, 5.74) is 1.21. The molecule has 82 valence electrons. The van der Waals surface area contributed by atoms with Crippen LogP contribution >= 0.6 is 0 Å². The van der Waals surface area contributed by atoms with Crippen molar-refractivity contribution >= 4 is 5.91 Å². The Kier molecular flexibility index (Phi) is 6.26. The van der Waals surface area contributed by atoms with E-state index in [9.17, 15) is 4.79 Å². The van der Waals surface area contributed by atoms with Gasteiger partial charge in [0.05, 0.1) is 0 Å². The van der Waals surface area contributed by atoms with Crippen LogP contribution in [-0.4, -0.2) is 23.9 Å². The molecule has 2 heteroatoms. The predicted molar refractivity (Wildman–Crippen MR) is 61.1 cm³/mol. The van der Waals surface area contributed by atoms with Crippen molar-refractivity contribution in [3.05, 3.63) is 12.2 Å². The fraction of sp³-hybridized carbons (Fsp3) is 0.750. The minimum Gasteiger partial charge on any atom is -0.342 e. The maximum absolute atomic E-state index is 11.1. The normalized spacial score (nSPS) is 20.9. The van der Waals surface area contributed by atoms with Crippen LogP contribution in [0.3, 0.4) is 0 Å². The van der Waals surface area contributed by atoms with Gasteiger partial charge in [-0.1, -0.05) is 26.0 Å². The van der Waals surface area contributed by atoms with Crippen LogP contribution < -0.4 is 0 Å². The highest BCUT2D eigenvalue weighted by Gasteiger charge is 2.21. The summed E-state index contributed by atoms with van der Waals surface area (Å²) in [4.78, 5) is 13.0. The quantitative estimate of drug-likeness (QED) is 0.592. The Morgan fingerprint density at radius 1 is 1.36 bits per heavy atom. The standard InChI is InChI=1S/C10H17NO.C2H6/c1-8(2)10-5-4-6-11(7-10)9(3)12;1-2/h10H,1,4-7H2,2-3H3;1-2H3. The zero-order chi connectivity index (χ0) is 11.1. The van der Waals surface area contributed by atoms with E-state index in [2.05, 4.69) is 6.58 Å². The van der Waals surface area contributed by atoms with E-state index in [1.165, 1.54) is 12.0 Å². The van der Waals surface area contributed by atoms with E-state index in [0.717, 1.165) is 19.5 Å². The van der Waals surface area contributed by atoms with Crippen molar-refractivity contribution in [1.29, 1.82) is 0 Å². The van der Waals surface area contributed by atoms with E-state index in [0.29, 0.717) is 5.92 Å². The van der Waals surface area contributed by atoms with E-state index in [4.69, 9.17) is 0 Å². The topological polar surface area (TPSA) is 20.3 Å². The SMILES string of the molecule is C=C(C)C1CCCN(C(C)=O)C1.CC. The van der Waals surface area contributed by atoms with Crippen LogP contribution in [0.4, 0.5) is 0 Å². The van der Waals surface area contributed by atoms with Gasteiger partial charge >= 0.3 is 0 Å². The van der Waals surface area contributed by atoms with Gasteiger partial charge in [0.15, 0.2) is 0 Å². The van der Waals surface area contributed by atoms with Crippen molar-refractivity contribution in [2.24, 2.45) is 5.92 Å². The van der Waals surface area contributed by atoms with Gasteiger partial charge in [-0.25, -0.2) is 0 Å². The van der Waals surface area contributed by atoms with Gasteiger partial charge in [0.1, 0.15) is 0 Å². The summed E-state index contributed by atoms with van der Waals surface area (Å²) in [6.45, 7) is 13.4. The number of carbonyl (C=O) groups is 1. The van der Waals surface area contributed by atoms with Gasteiger partial charge in [0.25, 0.3) is 0 Å². The lowest BCUT2D eigenvalue weighted by Gasteiger charge is -2.32. The van der Waals surface area contributed by atoms with Crippen LogP contribution in [0, 0.1) is 5.92 Å². The molecule has 0 aliphatic carbocycles. The molecule has 1 aliphatic heterocycles. The first kappa shape index (κ1) is 13.2. The molecule has 1 unspecified atom stereocenters. The third kappa shape index (κ3) is 3.95. The van der Waals surface area contributed by atoms with Crippen molar-refractivity contribution < 1.29 is 4.79 Å². The summed E-state index contributed by atoms with van der Waals surface area (Å²) in [6, 6.07) is 0. The smallest absolute Gasteiger partial charge is 0.219 e. The third-order valence-electron chi connectivity index (χ3n) is 2.56. The molecular weight excluding hydrogens is 174 g/mol. The molecule has 0 spiro atoms. The molecular formula is C12H23NO. The summed E-state index contributed by atoms with van der Waals surface area (Å²) >= 11 is 0. The molecule has 1 amide bonds. The maximum atomic E-state index is 11.1. The van der Waals surface area contributed by atoms with Crippen molar-refractivity contribution in [2.45, 2.75) is 40.5 Å². The first-order valence-corrected chi connectivity index (χ1v) is 5.52. The molecule has 1 aliphatic rings. The molecule has 0 aromatic carbocycles. The second-order valence-corrected chi connectivity index (χ2v) is 3.65. The third-order valence-corrected chi connectivity index (χ3v) is 2.56. The van der Waals surface area contributed by atoms with E-state index in [1.54, 1.807) is 6.92 Å². The molecule has 1 fully saturated rings. The highest BCUT2D eigenvalue weighted by atomic mass is 16.2. The number of carbonyl (C=O) groups excluding carboxylic acids is 1. The Morgan fingerprint density at radius 3 is 2.36 bits per heavy atom. The van der Waals surface area contributed by atoms with Gasteiger partial charge in [0.2, 0.25) is 5.91 Å². The highest BCUT2D eigenvalue weighted by Crippen LogP contribution is 2.21. The largest absolute Gasteiger partial charge is 0.342 e. The number of likely N-dealkylation sites (tertiary alicyclic amines) is 1. The van der Waals surface area contributed by atoms with Gasteiger partial charge in [-0.3, -0.25) is 4.79 Å². The van der Waals surface area contributed by atoms with Crippen LogP contribution in [-0.2, 0) is 4.79 Å². The zero-order valence-electron chi connectivity index (χ0n) is 9.97. The molecule has 1 atom stereocenters. The molecule has 0 radical (unpaired) electrons. The fourth-order valence-corrected chi connectivity index (χ4v) is 1.67. The van der Waals surface area contributed by atoms with Gasteiger partial charge < -0.3 is 4.90 Å². The summed E-state index contributed by atoms with van der Waals surface area (Å²) in [7, 11) is 0. The van der Waals surface area contributed by atoms with E-state index in [1.807, 2.05) is 25.7 Å². The average molecular weight is 197 g/mol. The van der Waals surface area contributed by atoms with Gasteiger partial charge in [-0.15, -0.1) is 0 Å². The number of hydrogen-bond acceptors (Lipinski definition) is 1. The van der Waals surface area contributed by atoms with Crippen molar-refractivity contribution in [2.75, 3.05) is 13.1 Å². The molecule has 0 saturated carbocycles. The first-order chi connectivity index (χ1) is 6.61. The Bertz CT molecular complexity index is 178. The molecule has 1 saturated heterocycles. The Hall–Kier alpha value is -0.790. The highest BCUT2D eigenvalue weighted by molar-refractivity contribution is 5.73. The number of hydrogen-bond donors (Lipinski definition) is 0. The second-order valence-electron chi connectivity index (χ2n) is 3.65. The van der Waals surface area contributed by atoms with E-state index >= 15 is 0 Å². The molecule has 0 aromatic rings. The summed E-state index contributed by atoms with van der Waals surface area (Å²) < 4.78 is 0. The molecule has 0 bridgehead atoms. The van der Waals surface area contributed by atoms with Crippen molar-refractivity contribution in [3.63, 3.8) is 0 Å². The summed E-state index contributed by atoms with van der Waals surface area (Å²) in [5.74, 6) is 0.726. The monoisotopic (exact) mass is 197 g/mol. The van der Waals surface area contributed by atoms with Crippen LogP contribution in [0.25, 0.3) is 0 Å². The minimum absolute atomic E-state index is 0.195. The molecule has 2 nitrogen and oxygen atoms in total. The minimum atomic E-state index is 0.195.